The lowest BCUT2D eigenvalue weighted by molar-refractivity contribution is -0.144. The molecule has 2 N–H and O–H groups in total. The Morgan fingerprint density at radius 1 is 1.07 bits per heavy atom. The molecule has 0 aromatic heterocycles. The first-order chi connectivity index (χ1) is 20.2. The minimum atomic E-state index is -1.18. The van der Waals surface area contributed by atoms with E-state index >= 15 is 0 Å². The molecular weight excluding hydrogens is 550 g/mol. The zero-order valence-corrected chi connectivity index (χ0v) is 25.2. The van der Waals surface area contributed by atoms with Crippen molar-refractivity contribution >= 4 is 35.0 Å². The molecule has 1 spiro atoms. The van der Waals surface area contributed by atoms with E-state index in [2.05, 4.69) is 36.6 Å². The predicted molar refractivity (Wildman–Crippen MR) is 163 cm³/mol. The Bertz CT molecular complexity index is 1360. The molecule has 222 valence electrons. The van der Waals surface area contributed by atoms with Crippen LogP contribution in [0.1, 0.15) is 52.0 Å². The van der Waals surface area contributed by atoms with Crippen LogP contribution in [0.4, 0.5) is 5.69 Å². The quantitative estimate of drug-likeness (QED) is 0.404. The molecule has 0 radical (unpaired) electrons. The van der Waals surface area contributed by atoms with Gasteiger partial charge in [0.05, 0.1) is 17.9 Å². The lowest BCUT2D eigenvalue weighted by Gasteiger charge is -2.39. The van der Waals surface area contributed by atoms with E-state index < -0.39 is 29.6 Å². The van der Waals surface area contributed by atoms with Crippen LogP contribution < -0.4 is 10.6 Å². The molecule has 3 heterocycles. The van der Waals surface area contributed by atoms with Crippen LogP contribution in [0.5, 0.6) is 0 Å². The van der Waals surface area contributed by atoms with E-state index in [1.807, 2.05) is 37.3 Å². The summed E-state index contributed by atoms with van der Waals surface area (Å²) in [5.74, 6) is -1.34. The molecule has 4 aliphatic rings. The first-order valence-corrected chi connectivity index (χ1v) is 15.7. The molecule has 42 heavy (non-hydrogen) atoms. The van der Waals surface area contributed by atoms with Crippen LogP contribution in [0.2, 0.25) is 5.02 Å². The molecule has 2 aromatic rings. The van der Waals surface area contributed by atoms with Gasteiger partial charge in [-0.05, 0) is 67.9 Å². The summed E-state index contributed by atoms with van der Waals surface area (Å²) in [6.45, 7) is 6.44. The van der Waals surface area contributed by atoms with Gasteiger partial charge in [0.1, 0.15) is 11.6 Å². The molecule has 3 amide bonds. The van der Waals surface area contributed by atoms with E-state index in [0.717, 1.165) is 25.7 Å². The number of hydrogen-bond donors (Lipinski definition) is 2. The second-order valence-electron chi connectivity index (χ2n) is 12.7. The summed E-state index contributed by atoms with van der Waals surface area (Å²) in [6, 6.07) is 16.0. The van der Waals surface area contributed by atoms with Crippen molar-refractivity contribution in [3.63, 3.8) is 0 Å². The summed E-state index contributed by atoms with van der Waals surface area (Å²) in [5.41, 5.74) is 0.592. The van der Waals surface area contributed by atoms with Gasteiger partial charge >= 0.3 is 0 Å². The highest BCUT2D eigenvalue weighted by molar-refractivity contribution is 6.30. The molecule has 2 bridgehead atoms. The zero-order chi connectivity index (χ0) is 29.6. The second-order valence-corrected chi connectivity index (χ2v) is 13.1. The third-order valence-corrected chi connectivity index (χ3v) is 10.4. The van der Waals surface area contributed by atoms with Crippen molar-refractivity contribution in [2.45, 2.75) is 82.7 Å². The molecule has 6 rings (SSSR count). The largest absolute Gasteiger partial charge is 0.359 e. The van der Waals surface area contributed by atoms with Gasteiger partial charge in [0.2, 0.25) is 17.7 Å². The Kier molecular flexibility index (Phi) is 7.92. The maximum atomic E-state index is 14.4. The molecule has 7 nitrogen and oxygen atoms in total. The van der Waals surface area contributed by atoms with Crippen LogP contribution in [0, 0.1) is 23.7 Å². The van der Waals surface area contributed by atoms with E-state index in [1.54, 1.807) is 29.2 Å². The number of benzene rings is 2. The van der Waals surface area contributed by atoms with Crippen LogP contribution in [-0.4, -0.2) is 52.5 Å². The Morgan fingerprint density at radius 3 is 2.55 bits per heavy atom. The lowest BCUT2D eigenvalue weighted by Crippen LogP contribution is -2.59. The summed E-state index contributed by atoms with van der Waals surface area (Å²) < 4.78 is 6.54. The third kappa shape index (κ3) is 5.05. The van der Waals surface area contributed by atoms with Crippen molar-refractivity contribution in [1.82, 2.24) is 10.2 Å². The minimum Gasteiger partial charge on any atom is -0.359 e. The highest BCUT2D eigenvalue weighted by atomic mass is 35.5. The molecule has 1 aliphatic carbocycles. The van der Waals surface area contributed by atoms with Gasteiger partial charge in [-0.3, -0.25) is 14.4 Å². The van der Waals surface area contributed by atoms with Gasteiger partial charge in [-0.15, -0.1) is 0 Å². The lowest BCUT2D eigenvalue weighted by atomic mass is 9.73. The Morgan fingerprint density at radius 2 is 1.81 bits per heavy atom. The number of anilines is 1. The third-order valence-electron chi connectivity index (χ3n) is 10.2. The maximum absolute atomic E-state index is 14.4. The molecule has 8 heteroatoms. The summed E-state index contributed by atoms with van der Waals surface area (Å²) in [7, 11) is 0. The van der Waals surface area contributed by atoms with Crippen molar-refractivity contribution < 1.29 is 19.1 Å². The molecular formula is C34H40ClN3O4. The molecule has 0 unspecified atom stereocenters. The van der Waals surface area contributed by atoms with Gasteiger partial charge in [0.15, 0.2) is 0 Å². The highest BCUT2D eigenvalue weighted by Gasteiger charge is 2.73. The first kappa shape index (κ1) is 28.9. The fourth-order valence-corrected chi connectivity index (χ4v) is 7.77. The van der Waals surface area contributed by atoms with Gasteiger partial charge in [-0.1, -0.05) is 80.8 Å². The van der Waals surface area contributed by atoms with Crippen LogP contribution >= 0.6 is 11.6 Å². The number of carbonyl (C=O) groups excluding carboxylic acids is 3. The number of fused-ring (bicyclic) bond motifs is 1. The van der Waals surface area contributed by atoms with Gasteiger partial charge in [0, 0.05) is 22.8 Å². The number of nitrogens with one attached hydrogen (secondary N) is 2. The monoisotopic (exact) mass is 589 g/mol. The Balaban J connectivity index is 1.30. The summed E-state index contributed by atoms with van der Waals surface area (Å²) in [4.78, 5) is 44.1. The number of hydrogen-bond acceptors (Lipinski definition) is 4. The van der Waals surface area contributed by atoms with Crippen molar-refractivity contribution in [2.75, 3.05) is 5.32 Å². The number of nitrogens with zero attached hydrogens (tertiary/aromatic N) is 1. The van der Waals surface area contributed by atoms with Crippen LogP contribution in [0.25, 0.3) is 0 Å². The number of rotatable bonds is 8. The van der Waals surface area contributed by atoms with Gasteiger partial charge in [-0.2, -0.15) is 0 Å². The van der Waals surface area contributed by atoms with Crippen LogP contribution in [0.3, 0.4) is 0 Å². The Hall–Kier alpha value is -3.16. The maximum Gasteiger partial charge on any atom is 0.246 e. The summed E-state index contributed by atoms with van der Waals surface area (Å²) >= 11 is 6.03. The molecule has 3 fully saturated rings. The molecule has 1 saturated carbocycles. The fraction of sp³-hybridized carbons (Fsp3) is 0.500. The second kappa shape index (κ2) is 11.5. The van der Waals surface area contributed by atoms with Crippen molar-refractivity contribution in [2.24, 2.45) is 23.7 Å². The molecule has 9 atom stereocenters. The number of carbonyl (C=O) groups is 3. The first-order valence-electron chi connectivity index (χ1n) is 15.3. The van der Waals surface area contributed by atoms with E-state index in [0.29, 0.717) is 29.0 Å². The Labute approximate surface area is 253 Å². The molecule has 2 saturated heterocycles. The highest BCUT2D eigenvalue weighted by Crippen LogP contribution is 2.56. The van der Waals surface area contributed by atoms with Gasteiger partial charge in [-0.25, -0.2) is 0 Å². The number of likely N-dealkylation sites (tertiary alicyclic amines) is 1. The van der Waals surface area contributed by atoms with E-state index in [9.17, 15) is 14.4 Å². The summed E-state index contributed by atoms with van der Waals surface area (Å²) in [6.07, 6.45) is 7.77. The fourth-order valence-electron chi connectivity index (χ4n) is 7.65. The van der Waals surface area contributed by atoms with Crippen LogP contribution in [-0.2, 0) is 25.5 Å². The number of amides is 3. The smallest absolute Gasteiger partial charge is 0.246 e. The molecule has 2 aromatic carbocycles. The van der Waals surface area contributed by atoms with Gasteiger partial charge < -0.3 is 20.3 Å². The standard InChI is InChI=1S/C34H40ClN3O4/c1-20-8-7-11-26(22(20)3)37-32(40)30-34-19-18-27(42-34)28(31(39)36-25-16-14-24(35)15-17-25)29(34)33(41)38(30)21(2)12-13-23-9-5-4-6-10-23/h4-6,9-10,14-22,26-30H,7-8,11-13H2,1-3H3,(H,36,39)(H,37,40)/t20-,21-,22+,26+,27+,28+,29+,30+,34+/m1/s1. The van der Waals surface area contributed by atoms with E-state index in [1.165, 1.54) is 5.56 Å². The minimum absolute atomic E-state index is 0.0415. The van der Waals surface area contributed by atoms with E-state index in [4.69, 9.17) is 16.3 Å². The molecule has 3 aliphatic heterocycles. The van der Waals surface area contributed by atoms with E-state index in [-0.39, 0.29) is 29.8 Å². The van der Waals surface area contributed by atoms with Crippen molar-refractivity contribution in [1.29, 1.82) is 0 Å². The van der Waals surface area contributed by atoms with Crippen molar-refractivity contribution in [3.05, 3.63) is 77.3 Å². The number of aryl methyl sites for hydroxylation is 1. The van der Waals surface area contributed by atoms with Crippen LogP contribution in [0.15, 0.2) is 66.7 Å². The average molecular weight is 590 g/mol. The summed E-state index contributed by atoms with van der Waals surface area (Å²) in [5, 5.41) is 6.86. The van der Waals surface area contributed by atoms with Gasteiger partial charge in [0.25, 0.3) is 0 Å². The average Bonchev–Trinajstić information content (AvgIpc) is 3.63. The normalized spacial score (nSPS) is 33.9. The number of ether oxygens (including phenoxy) is 1. The topological polar surface area (TPSA) is 87.7 Å². The zero-order valence-electron chi connectivity index (χ0n) is 24.5. The van der Waals surface area contributed by atoms with Crippen molar-refractivity contribution in [3.8, 4) is 0 Å². The number of halogens is 1. The SMILES string of the molecule is C[C@H]1[C@H](C)CCC[C@@H]1NC(=O)[C@@H]1N([C@H](C)CCc2ccccc2)C(=O)[C@@H]2[C@@H](C(=O)Nc3ccc(Cl)cc3)[C@@H]3C=C[C@]21O3. The predicted octanol–water partition coefficient (Wildman–Crippen LogP) is 5.39.